The van der Waals surface area contributed by atoms with E-state index in [2.05, 4.69) is 10.6 Å². The number of rotatable bonds is 5. The van der Waals surface area contributed by atoms with Gasteiger partial charge in [-0.05, 0) is 43.2 Å². The van der Waals surface area contributed by atoms with Crippen LogP contribution in [0.1, 0.15) is 30.5 Å². The summed E-state index contributed by atoms with van der Waals surface area (Å²) < 4.78 is 0. The van der Waals surface area contributed by atoms with Gasteiger partial charge in [0.05, 0.1) is 6.04 Å². The molecule has 2 aromatic rings. The van der Waals surface area contributed by atoms with E-state index >= 15 is 0 Å². The smallest absolute Gasteiger partial charge is 0.233 e. The summed E-state index contributed by atoms with van der Waals surface area (Å²) in [7, 11) is 0. The van der Waals surface area contributed by atoms with Gasteiger partial charge in [-0.1, -0.05) is 41.9 Å². The Morgan fingerprint density at radius 1 is 1.09 bits per heavy atom. The maximum Gasteiger partial charge on any atom is 0.233 e. The van der Waals surface area contributed by atoms with Crippen molar-refractivity contribution < 1.29 is 9.59 Å². The summed E-state index contributed by atoms with van der Waals surface area (Å²) in [5.41, 5.74) is 2.50. The molecule has 0 aliphatic rings. The summed E-state index contributed by atoms with van der Waals surface area (Å²) in [6.07, 6.45) is -0.223. The second-order valence-electron chi connectivity index (χ2n) is 5.38. The Morgan fingerprint density at radius 3 is 2.43 bits per heavy atom. The Balaban J connectivity index is 1.88. The minimum absolute atomic E-state index is 0.145. The van der Waals surface area contributed by atoms with Crippen LogP contribution < -0.4 is 10.6 Å². The van der Waals surface area contributed by atoms with Crippen LogP contribution in [0.5, 0.6) is 0 Å². The van der Waals surface area contributed by atoms with Crippen molar-refractivity contribution in [3.8, 4) is 0 Å². The second-order valence-corrected chi connectivity index (χ2v) is 5.82. The molecule has 1 atom stereocenters. The number of nitrogens with one attached hydrogen (secondary N) is 2. The average Bonchev–Trinajstić information content (AvgIpc) is 2.50. The van der Waals surface area contributed by atoms with Gasteiger partial charge in [-0.25, -0.2) is 0 Å². The number of halogens is 1. The fraction of sp³-hybridized carbons (Fsp3) is 0.222. The van der Waals surface area contributed by atoms with Gasteiger partial charge < -0.3 is 10.6 Å². The molecule has 5 heteroatoms. The Hall–Kier alpha value is -2.33. The standard InChI is InChI=1S/C18H19ClN2O2/c1-12-10-15(19)8-9-16(12)21-18(23)11-17(22)20-13(2)14-6-4-3-5-7-14/h3-10,13H,11H2,1-2H3,(H,20,22)(H,21,23). The minimum atomic E-state index is -0.354. The van der Waals surface area contributed by atoms with E-state index in [4.69, 9.17) is 11.6 Å². The number of benzene rings is 2. The molecule has 0 spiro atoms. The number of hydrogen-bond donors (Lipinski definition) is 2. The van der Waals surface area contributed by atoms with Crippen LogP contribution in [0.4, 0.5) is 5.69 Å². The minimum Gasteiger partial charge on any atom is -0.349 e. The molecule has 23 heavy (non-hydrogen) atoms. The maximum absolute atomic E-state index is 12.0. The summed E-state index contributed by atoms with van der Waals surface area (Å²) in [4.78, 5) is 23.9. The van der Waals surface area contributed by atoms with Gasteiger partial charge in [0.2, 0.25) is 11.8 Å². The van der Waals surface area contributed by atoms with Gasteiger partial charge in [0.1, 0.15) is 6.42 Å². The molecule has 2 N–H and O–H groups in total. The molecule has 0 saturated carbocycles. The van der Waals surface area contributed by atoms with Crippen LogP contribution in [0, 0.1) is 6.92 Å². The van der Waals surface area contributed by atoms with Crippen molar-refractivity contribution >= 4 is 29.1 Å². The molecule has 0 bridgehead atoms. The number of hydrogen-bond acceptors (Lipinski definition) is 2. The molecule has 0 heterocycles. The molecule has 0 aliphatic carbocycles. The number of aryl methyl sites for hydroxylation is 1. The quantitative estimate of drug-likeness (QED) is 0.818. The highest BCUT2D eigenvalue weighted by Gasteiger charge is 2.14. The summed E-state index contributed by atoms with van der Waals surface area (Å²) in [5, 5.41) is 6.15. The lowest BCUT2D eigenvalue weighted by molar-refractivity contribution is -0.127. The van der Waals surface area contributed by atoms with Crippen molar-refractivity contribution in [2.24, 2.45) is 0 Å². The van der Waals surface area contributed by atoms with Gasteiger partial charge in [-0.2, -0.15) is 0 Å². The van der Waals surface area contributed by atoms with Gasteiger partial charge in [0.15, 0.2) is 0 Å². The third-order valence-corrected chi connectivity index (χ3v) is 3.70. The lowest BCUT2D eigenvalue weighted by atomic mass is 10.1. The van der Waals surface area contributed by atoms with Crippen molar-refractivity contribution in [3.63, 3.8) is 0 Å². The van der Waals surface area contributed by atoms with Crippen molar-refractivity contribution in [3.05, 3.63) is 64.7 Å². The summed E-state index contributed by atoms with van der Waals surface area (Å²) in [5.74, 6) is -0.668. The predicted octanol–water partition coefficient (Wildman–Crippen LogP) is 3.85. The fourth-order valence-electron chi connectivity index (χ4n) is 2.23. The van der Waals surface area contributed by atoms with E-state index in [1.807, 2.05) is 44.2 Å². The van der Waals surface area contributed by atoms with Crippen molar-refractivity contribution in [1.82, 2.24) is 5.32 Å². The molecule has 1 unspecified atom stereocenters. The van der Waals surface area contributed by atoms with Gasteiger partial charge >= 0.3 is 0 Å². The molecule has 2 aromatic carbocycles. The molecular formula is C18H19ClN2O2. The van der Waals surface area contributed by atoms with Crippen molar-refractivity contribution in [2.45, 2.75) is 26.3 Å². The summed E-state index contributed by atoms with van der Waals surface area (Å²) >= 11 is 5.88. The Bertz CT molecular complexity index is 701. The first kappa shape index (κ1) is 17.0. The molecule has 4 nitrogen and oxygen atoms in total. The highest BCUT2D eigenvalue weighted by atomic mass is 35.5. The monoisotopic (exact) mass is 330 g/mol. The van der Waals surface area contributed by atoms with E-state index < -0.39 is 0 Å². The molecule has 0 radical (unpaired) electrons. The molecule has 120 valence electrons. The molecule has 2 amide bonds. The number of amides is 2. The van der Waals surface area contributed by atoms with Crippen molar-refractivity contribution in [2.75, 3.05) is 5.32 Å². The van der Waals surface area contributed by atoms with E-state index in [1.54, 1.807) is 18.2 Å². The van der Waals surface area contributed by atoms with E-state index in [1.165, 1.54) is 0 Å². The fourth-order valence-corrected chi connectivity index (χ4v) is 2.45. The van der Waals surface area contributed by atoms with Gasteiger partial charge in [-0.15, -0.1) is 0 Å². The molecule has 0 aromatic heterocycles. The first-order chi connectivity index (χ1) is 11.0. The Labute approximate surface area is 140 Å². The van der Waals surface area contributed by atoms with Crippen LogP contribution in [0.3, 0.4) is 0 Å². The van der Waals surface area contributed by atoms with Crippen LogP contribution in [-0.2, 0) is 9.59 Å². The predicted molar refractivity (Wildman–Crippen MR) is 92.4 cm³/mol. The Kier molecular flexibility index (Phi) is 5.77. The molecule has 0 saturated heterocycles. The van der Waals surface area contributed by atoms with Crippen LogP contribution >= 0.6 is 11.6 Å². The SMILES string of the molecule is Cc1cc(Cl)ccc1NC(=O)CC(=O)NC(C)c1ccccc1. The van der Waals surface area contributed by atoms with Crippen LogP contribution in [0.25, 0.3) is 0 Å². The van der Waals surface area contributed by atoms with Crippen LogP contribution in [0.2, 0.25) is 5.02 Å². The Morgan fingerprint density at radius 2 is 1.78 bits per heavy atom. The zero-order chi connectivity index (χ0) is 16.8. The first-order valence-corrected chi connectivity index (χ1v) is 7.74. The van der Waals surface area contributed by atoms with E-state index in [-0.39, 0.29) is 24.3 Å². The highest BCUT2D eigenvalue weighted by molar-refractivity contribution is 6.30. The van der Waals surface area contributed by atoms with E-state index in [0.29, 0.717) is 10.7 Å². The second kappa shape index (κ2) is 7.79. The largest absolute Gasteiger partial charge is 0.349 e. The topological polar surface area (TPSA) is 58.2 Å². The number of anilines is 1. The third kappa shape index (κ3) is 5.11. The number of carbonyl (C=O) groups is 2. The lowest BCUT2D eigenvalue weighted by Gasteiger charge is -2.14. The van der Waals surface area contributed by atoms with Crippen LogP contribution in [0.15, 0.2) is 48.5 Å². The lowest BCUT2D eigenvalue weighted by Crippen LogP contribution is -2.30. The molecule has 2 rings (SSSR count). The van der Waals surface area contributed by atoms with Crippen molar-refractivity contribution in [1.29, 1.82) is 0 Å². The van der Waals surface area contributed by atoms with E-state index in [9.17, 15) is 9.59 Å². The molecule has 0 fully saturated rings. The zero-order valence-electron chi connectivity index (χ0n) is 13.1. The zero-order valence-corrected chi connectivity index (χ0v) is 13.9. The normalized spacial score (nSPS) is 11.6. The number of carbonyl (C=O) groups excluding carboxylic acids is 2. The van der Waals surface area contributed by atoms with Gasteiger partial charge in [-0.3, -0.25) is 9.59 Å². The third-order valence-electron chi connectivity index (χ3n) is 3.46. The maximum atomic E-state index is 12.0. The summed E-state index contributed by atoms with van der Waals surface area (Å²) in [6.45, 7) is 3.73. The highest BCUT2D eigenvalue weighted by Crippen LogP contribution is 2.19. The molecule has 0 aliphatic heterocycles. The summed E-state index contributed by atoms with van der Waals surface area (Å²) in [6, 6.07) is 14.6. The van der Waals surface area contributed by atoms with Crippen LogP contribution in [-0.4, -0.2) is 11.8 Å². The first-order valence-electron chi connectivity index (χ1n) is 7.36. The average molecular weight is 331 g/mol. The van der Waals surface area contributed by atoms with Gasteiger partial charge in [0, 0.05) is 10.7 Å². The van der Waals surface area contributed by atoms with E-state index in [0.717, 1.165) is 11.1 Å². The van der Waals surface area contributed by atoms with Gasteiger partial charge in [0.25, 0.3) is 0 Å². The molecular weight excluding hydrogens is 312 g/mol.